The largest absolute Gasteiger partial charge is 0.338 e. The molecule has 3 rings (SSSR count). The highest BCUT2D eigenvalue weighted by Crippen LogP contribution is 2.29. The smallest absolute Gasteiger partial charge is 0.223 e. The van der Waals surface area contributed by atoms with Crippen molar-refractivity contribution in [3.05, 3.63) is 0 Å². The van der Waals surface area contributed by atoms with Gasteiger partial charge in [0.2, 0.25) is 5.91 Å². The number of rotatable bonds is 3. The molecule has 2 heterocycles. The number of piperidine rings is 1. The molecule has 0 aromatic carbocycles. The number of nitrogens with zero attached hydrogens (tertiary/aromatic N) is 2. The van der Waals surface area contributed by atoms with Crippen molar-refractivity contribution in [3.63, 3.8) is 0 Å². The molecule has 19 heavy (non-hydrogen) atoms. The van der Waals surface area contributed by atoms with E-state index in [4.69, 9.17) is 5.73 Å². The maximum absolute atomic E-state index is 12.1. The minimum atomic E-state index is 0.341. The molecule has 108 valence electrons. The molecule has 2 N–H and O–H groups in total. The summed E-state index contributed by atoms with van der Waals surface area (Å²) in [5.41, 5.74) is 5.73. The molecule has 4 heteroatoms. The van der Waals surface area contributed by atoms with Crippen LogP contribution in [0, 0.1) is 5.92 Å². The molecule has 3 fully saturated rings. The molecular weight excluding hydrogens is 238 g/mol. The first-order valence-corrected chi connectivity index (χ1v) is 8.01. The van der Waals surface area contributed by atoms with Crippen LogP contribution in [0.1, 0.15) is 44.9 Å². The SMILES string of the molecule is NCC1CC(=O)N(C2CCCN(C3CCCC3)C2)C1. The minimum absolute atomic E-state index is 0.341. The fraction of sp³-hybridized carbons (Fsp3) is 0.933. The normalized spacial score (nSPS) is 34.4. The molecule has 0 aromatic rings. The molecule has 0 radical (unpaired) electrons. The van der Waals surface area contributed by atoms with Gasteiger partial charge in [-0.25, -0.2) is 0 Å². The zero-order chi connectivity index (χ0) is 13.2. The number of hydrogen-bond acceptors (Lipinski definition) is 3. The third kappa shape index (κ3) is 2.79. The maximum Gasteiger partial charge on any atom is 0.223 e. The van der Waals surface area contributed by atoms with E-state index in [2.05, 4.69) is 9.80 Å². The average Bonchev–Trinajstić information content (AvgIpc) is 3.08. The second kappa shape index (κ2) is 5.80. The second-order valence-corrected chi connectivity index (χ2v) is 6.58. The van der Waals surface area contributed by atoms with E-state index in [9.17, 15) is 4.79 Å². The first kappa shape index (κ1) is 13.4. The number of hydrogen-bond donors (Lipinski definition) is 1. The highest BCUT2D eigenvalue weighted by atomic mass is 16.2. The fourth-order valence-electron chi connectivity index (χ4n) is 4.16. The van der Waals surface area contributed by atoms with E-state index in [-0.39, 0.29) is 0 Å². The molecule has 2 saturated heterocycles. The van der Waals surface area contributed by atoms with Crippen LogP contribution < -0.4 is 5.73 Å². The standard InChI is InChI=1S/C15H27N3O/c16-9-12-8-15(19)18(10-12)14-6-3-7-17(11-14)13-4-1-2-5-13/h12-14H,1-11,16H2. The molecule has 1 saturated carbocycles. The Labute approximate surface area is 116 Å². The summed E-state index contributed by atoms with van der Waals surface area (Å²) in [7, 11) is 0. The number of carbonyl (C=O) groups is 1. The van der Waals surface area contributed by atoms with E-state index < -0.39 is 0 Å². The lowest BCUT2D eigenvalue weighted by Crippen LogP contribution is -2.51. The van der Waals surface area contributed by atoms with E-state index in [1.54, 1.807) is 0 Å². The Morgan fingerprint density at radius 2 is 1.79 bits per heavy atom. The summed E-state index contributed by atoms with van der Waals surface area (Å²) in [5, 5.41) is 0. The van der Waals surface area contributed by atoms with Crippen molar-refractivity contribution >= 4 is 5.91 Å². The maximum atomic E-state index is 12.1. The van der Waals surface area contributed by atoms with Gasteiger partial charge in [0.25, 0.3) is 0 Å². The monoisotopic (exact) mass is 265 g/mol. The number of amides is 1. The Morgan fingerprint density at radius 1 is 1.05 bits per heavy atom. The lowest BCUT2D eigenvalue weighted by molar-refractivity contribution is -0.130. The first-order chi connectivity index (χ1) is 9.28. The molecule has 2 unspecified atom stereocenters. The third-order valence-electron chi connectivity index (χ3n) is 5.28. The van der Waals surface area contributed by atoms with E-state index in [1.165, 1.54) is 45.1 Å². The van der Waals surface area contributed by atoms with Gasteiger partial charge in [-0.05, 0) is 44.7 Å². The van der Waals surface area contributed by atoms with Gasteiger partial charge in [-0.3, -0.25) is 9.69 Å². The summed E-state index contributed by atoms with van der Waals surface area (Å²) in [5.74, 6) is 0.739. The molecule has 2 atom stereocenters. The van der Waals surface area contributed by atoms with Crippen LogP contribution in [0.5, 0.6) is 0 Å². The molecule has 0 aromatic heterocycles. The minimum Gasteiger partial charge on any atom is -0.338 e. The molecule has 1 aliphatic carbocycles. The lowest BCUT2D eigenvalue weighted by atomic mass is 10.0. The van der Waals surface area contributed by atoms with E-state index in [1.807, 2.05) is 0 Å². The van der Waals surface area contributed by atoms with Crippen LogP contribution in [0.25, 0.3) is 0 Å². The van der Waals surface area contributed by atoms with E-state index in [0.717, 1.165) is 19.1 Å². The Hall–Kier alpha value is -0.610. The molecular formula is C15H27N3O. The van der Waals surface area contributed by atoms with Crippen LogP contribution >= 0.6 is 0 Å². The topological polar surface area (TPSA) is 49.6 Å². The summed E-state index contributed by atoms with van der Waals surface area (Å²) in [4.78, 5) is 16.9. The van der Waals surface area contributed by atoms with E-state index in [0.29, 0.717) is 30.8 Å². The molecule has 3 aliphatic rings. The van der Waals surface area contributed by atoms with Gasteiger partial charge in [0.15, 0.2) is 0 Å². The summed E-state index contributed by atoms with van der Waals surface area (Å²) < 4.78 is 0. The molecule has 0 bridgehead atoms. The van der Waals surface area contributed by atoms with Gasteiger partial charge in [-0.1, -0.05) is 12.8 Å². The van der Waals surface area contributed by atoms with Crippen molar-refractivity contribution in [1.29, 1.82) is 0 Å². The predicted octanol–water partition coefficient (Wildman–Crippen LogP) is 1.20. The second-order valence-electron chi connectivity index (χ2n) is 6.58. The predicted molar refractivity (Wildman–Crippen MR) is 75.7 cm³/mol. The fourth-order valence-corrected chi connectivity index (χ4v) is 4.16. The van der Waals surface area contributed by atoms with Crippen LogP contribution in [-0.2, 0) is 4.79 Å². The number of carbonyl (C=O) groups excluding carboxylic acids is 1. The summed E-state index contributed by atoms with van der Waals surface area (Å²) in [6, 6.07) is 1.25. The van der Waals surface area contributed by atoms with Gasteiger partial charge in [0.1, 0.15) is 0 Å². The van der Waals surface area contributed by atoms with Crippen LogP contribution in [0.4, 0.5) is 0 Å². The van der Waals surface area contributed by atoms with Gasteiger partial charge in [0, 0.05) is 31.6 Å². The van der Waals surface area contributed by atoms with Crippen LogP contribution in [-0.4, -0.2) is 54.0 Å². The van der Waals surface area contributed by atoms with Gasteiger partial charge >= 0.3 is 0 Å². The molecule has 0 spiro atoms. The van der Waals surface area contributed by atoms with Gasteiger partial charge < -0.3 is 10.6 Å². The Balaban J connectivity index is 1.60. The van der Waals surface area contributed by atoms with Crippen molar-refractivity contribution in [1.82, 2.24) is 9.80 Å². The number of nitrogens with two attached hydrogens (primary N) is 1. The highest BCUT2D eigenvalue weighted by molar-refractivity contribution is 5.79. The Kier molecular flexibility index (Phi) is 4.08. The third-order valence-corrected chi connectivity index (χ3v) is 5.28. The van der Waals surface area contributed by atoms with Gasteiger partial charge in [-0.15, -0.1) is 0 Å². The molecule has 1 amide bonds. The first-order valence-electron chi connectivity index (χ1n) is 8.01. The van der Waals surface area contributed by atoms with Crippen molar-refractivity contribution in [2.45, 2.75) is 57.0 Å². The molecule has 2 aliphatic heterocycles. The van der Waals surface area contributed by atoms with Crippen LogP contribution in [0.15, 0.2) is 0 Å². The average molecular weight is 265 g/mol. The van der Waals surface area contributed by atoms with E-state index >= 15 is 0 Å². The summed E-state index contributed by atoms with van der Waals surface area (Å²) in [6.45, 7) is 3.90. The van der Waals surface area contributed by atoms with Crippen molar-refractivity contribution in [3.8, 4) is 0 Å². The lowest BCUT2D eigenvalue weighted by Gasteiger charge is -2.40. The van der Waals surface area contributed by atoms with Crippen molar-refractivity contribution in [2.75, 3.05) is 26.2 Å². The van der Waals surface area contributed by atoms with Gasteiger partial charge in [-0.2, -0.15) is 0 Å². The van der Waals surface area contributed by atoms with Crippen LogP contribution in [0.3, 0.4) is 0 Å². The van der Waals surface area contributed by atoms with Crippen LogP contribution in [0.2, 0.25) is 0 Å². The Bertz CT molecular complexity index is 327. The number of likely N-dealkylation sites (tertiary alicyclic amines) is 2. The van der Waals surface area contributed by atoms with Crippen molar-refractivity contribution in [2.24, 2.45) is 11.7 Å². The quantitative estimate of drug-likeness (QED) is 0.834. The molecule has 4 nitrogen and oxygen atoms in total. The summed E-state index contributed by atoms with van der Waals surface area (Å²) in [6.07, 6.45) is 8.63. The van der Waals surface area contributed by atoms with Gasteiger partial charge in [0.05, 0.1) is 0 Å². The van der Waals surface area contributed by atoms with Crippen molar-refractivity contribution < 1.29 is 4.79 Å². The zero-order valence-electron chi connectivity index (χ0n) is 11.9. The summed E-state index contributed by atoms with van der Waals surface area (Å²) >= 11 is 0. The highest BCUT2D eigenvalue weighted by Gasteiger charge is 2.37. The Morgan fingerprint density at radius 3 is 2.47 bits per heavy atom. The zero-order valence-corrected chi connectivity index (χ0v) is 11.9.